The number of nitrogens with one attached hydrogen (secondary N) is 1. The summed E-state index contributed by atoms with van der Waals surface area (Å²) in [7, 11) is 2.46. The van der Waals surface area contributed by atoms with E-state index in [0.717, 1.165) is 0 Å². The molecule has 1 aliphatic heterocycles. The highest BCUT2D eigenvalue weighted by Gasteiger charge is 2.41. The maximum Gasteiger partial charge on any atom is 0.272 e. The number of hydrogen-bond acceptors (Lipinski definition) is 14. The lowest BCUT2D eigenvalue weighted by Crippen LogP contribution is -2.54. The molecule has 0 radical (unpaired) electrons. The number of rotatable bonds is 8. The van der Waals surface area contributed by atoms with Crippen LogP contribution in [0.1, 0.15) is 11.1 Å². The lowest BCUT2D eigenvalue weighted by molar-refractivity contribution is -0.389. The highest BCUT2D eigenvalue weighted by molar-refractivity contribution is 5.69. The van der Waals surface area contributed by atoms with Crippen LogP contribution in [-0.2, 0) is 11.3 Å². The molecule has 34 heavy (non-hydrogen) atoms. The van der Waals surface area contributed by atoms with Crippen LogP contribution in [-0.4, -0.2) is 80.2 Å². The molecule has 1 aliphatic rings. The van der Waals surface area contributed by atoms with Gasteiger partial charge in [-0.05, 0) is 6.92 Å². The van der Waals surface area contributed by atoms with Crippen LogP contribution in [0.5, 0.6) is 57.5 Å². The molecule has 188 valence electrons. The van der Waals surface area contributed by atoms with Gasteiger partial charge in [0.25, 0.3) is 5.91 Å². The van der Waals surface area contributed by atoms with Gasteiger partial charge in [0.1, 0.15) is 12.7 Å². The summed E-state index contributed by atoms with van der Waals surface area (Å²) in [6.45, 7) is 0.336. The van der Waals surface area contributed by atoms with Gasteiger partial charge in [-0.1, -0.05) is 0 Å². The third-order valence-electron chi connectivity index (χ3n) is 5.12. The van der Waals surface area contributed by atoms with Gasteiger partial charge in [0, 0.05) is 12.1 Å². The molecule has 2 aromatic carbocycles. The summed E-state index contributed by atoms with van der Waals surface area (Å²) in [4.78, 5) is 9.82. The fourth-order valence-corrected chi connectivity index (χ4v) is 3.25. The lowest BCUT2D eigenvalue weighted by Gasteiger charge is -2.33. The van der Waals surface area contributed by atoms with Crippen LogP contribution in [0.15, 0.2) is 0 Å². The van der Waals surface area contributed by atoms with Crippen molar-refractivity contribution in [1.29, 1.82) is 0 Å². The summed E-state index contributed by atoms with van der Waals surface area (Å²) >= 11 is 0. The number of fused-ring (bicyclic) bond motifs is 1. The van der Waals surface area contributed by atoms with E-state index in [-0.39, 0.29) is 34.9 Å². The summed E-state index contributed by atoms with van der Waals surface area (Å²) in [6.07, 6.45) is -1.82. The fourth-order valence-electron chi connectivity index (χ4n) is 3.25. The Morgan fingerprint density at radius 3 is 2.12 bits per heavy atom. The van der Waals surface area contributed by atoms with Gasteiger partial charge in [-0.25, -0.2) is 0 Å². The van der Waals surface area contributed by atoms with Gasteiger partial charge in [-0.3, -0.25) is 5.32 Å². The summed E-state index contributed by atoms with van der Waals surface area (Å²) < 4.78 is 15.2. The van der Waals surface area contributed by atoms with Crippen molar-refractivity contribution in [2.24, 2.45) is 0 Å². The van der Waals surface area contributed by atoms with Gasteiger partial charge in [0.15, 0.2) is 17.2 Å². The molecule has 0 amide bonds. The molecule has 2 unspecified atom stereocenters. The molecular weight excluding hydrogens is 462 g/mol. The zero-order valence-corrected chi connectivity index (χ0v) is 18.3. The maximum atomic E-state index is 10.6. The summed E-state index contributed by atoms with van der Waals surface area (Å²) in [5.74, 6) is -7.79. The number of aliphatic hydroxyl groups excluding tert-OH is 1. The van der Waals surface area contributed by atoms with Crippen molar-refractivity contribution in [2.45, 2.75) is 25.4 Å². The molecule has 14 nitrogen and oxygen atoms in total. The van der Waals surface area contributed by atoms with Crippen molar-refractivity contribution in [3.8, 4) is 57.5 Å². The summed E-state index contributed by atoms with van der Waals surface area (Å²) in [5.41, 5.74) is -0.235. The quantitative estimate of drug-likeness (QED) is 0.102. The second-order valence-corrected chi connectivity index (χ2v) is 7.39. The average Bonchev–Trinajstić information content (AvgIpc) is 2.82. The van der Waals surface area contributed by atoms with Crippen molar-refractivity contribution in [2.75, 3.05) is 27.4 Å². The van der Waals surface area contributed by atoms with Crippen molar-refractivity contribution in [3.05, 3.63) is 11.1 Å². The highest BCUT2D eigenvalue weighted by atomic mass is 17.2. The Morgan fingerprint density at radius 1 is 0.882 bits per heavy atom. The van der Waals surface area contributed by atoms with Crippen LogP contribution >= 0.6 is 0 Å². The largest absolute Gasteiger partial charge is 0.504 e. The Balaban J connectivity index is 1.69. The number of benzene rings is 2. The third-order valence-corrected chi connectivity index (χ3v) is 5.12. The van der Waals surface area contributed by atoms with Gasteiger partial charge in [-0.15, -0.1) is 4.89 Å². The molecule has 0 aromatic heterocycles. The second kappa shape index (κ2) is 9.26. The average molecular weight is 487 g/mol. The van der Waals surface area contributed by atoms with Crippen LogP contribution < -0.4 is 24.4 Å². The number of ether oxygens (including phenoxy) is 3. The van der Waals surface area contributed by atoms with Crippen molar-refractivity contribution < 1.29 is 64.8 Å². The van der Waals surface area contributed by atoms with E-state index in [0.29, 0.717) is 0 Å². The van der Waals surface area contributed by atoms with Crippen LogP contribution in [0, 0.1) is 6.92 Å². The number of aliphatic hydroxyl groups is 2. The zero-order valence-electron chi connectivity index (χ0n) is 18.3. The van der Waals surface area contributed by atoms with Crippen LogP contribution in [0.2, 0.25) is 0 Å². The molecule has 9 N–H and O–H groups in total. The molecule has 0 saturated carbocycles. The molecule has 0 saturated heterocycles. The standard InChI is InChI=1S/C20H25NO13/c1-7-10(23)13(26)14(27)17(11(7)24)32-6-8(22)5-21-20(29)4-9-12(25)18(30-2)19(31-3)15(28)16(9)33-34-20/h8,21-29H,4-6H2,1-3H3. The Kier molecular flexibility index (Phi) is 6.79. The summed E-state index contributed by atoms with van der Waals surface area (Å²) in [5, 5.41) is 83.1. The molecular formula is C20H25NO13. The Hall–Kier alpha value is -3.72. The van der Waals surface area contributed by atoms with Crippen LogP contribution in [0.3, 0.4) is 0 Å². The second-order valence-electron chi connectivity index (χ2n) is 7.39. The van der Waals surface area contributed by atoms with E-state index in [1.165, 1.54) is 21.1 Å². The predicted molar refractivity (Wildman–Crippen MR) is 111 cm³/mol. The fraction of sp³-hybridized carbons (Fsp3) is 0.400. The first-order valence-electron chi connectivity index (χ1n) is 9.74. The van der Waals surface area contributed by atoms with Gasteiger partial charge < -0.3 is 60.0 Å². The molecule has 14 heteroatoms. The van der Waals surface area contributed by atoms with Gasteiger partial charge in [-0.2, -0.15) is 0 Å². The number of hydrogen-bond donors (Lipinski definition) is 9. The van der Waals surface area contributed by atoms with Crippen LogP contribution in [0.4, 0.5) is 0 Å². The highest BCUT2D eigenvalue weighted by Crippen LogP contribution is 2.54. The van der Waals surface area contributed by atoms with E-state index in [1.807, 2.05) is 0 Å². The van der Waals surface area contributed by atoms with E-state index in [2.05, 4.69) is 5.32 Å². The molecule has 3 rings (SSSR count). The van der Waals surface area contributed by atoms with E-state index in [1.54, 1.807) is 0 Å². The minimum Gasteiger partial charge on any atom is -0.504 e. The lowest BCUT2D eigenvalue weighted by atomic mass is 10.0. The zero-order chi connectivity index (χ0) is 25.4. The van der Waals surface area contributed by atoms with Crippen molar-refractivity contribution in [1.82, 2.24) is 5.32 Å². The first kappa shape index (κ1) is 24.9. The van der Waals surface area contributed by atoms with Crippen molar-refractivity contribution in [3.63, 3.8) is 0 Å². The molecule has 2 aromatic rings. The Bertz CT molecular complexity index is 1060. The smallest absolute Gasteiger partial charge is 0.272 e. The maximum absolute atomic E-state index is 10.6. The SMILES string of the molecule is COc1c(O)c2c(c(O)c1OC)OOC(O)(NCC(O)COc1c(O)c(C)c(O)c(O)c1O)C2. The number of methoxy groups -OCH3 is 2. The van der Waals surface area contributed by atoms with E-state index in [9.17, 15) is 40.9 Å². The first-order chi connectivity index (χ1) is 16.0. The van der Waals surface area contributed by atoms with Gasteiger partial charge in [0.05, 0.1) is 26.2 Å². The monoisotopic (exact) mass is 487 g/mol. The third kappa shape index (κ3) is 4.26. The molecule has 0 aliphatic carbocycles. The molecule has 0 bridgehead atoms. The Morgan fingerprint density at radius 2 is 1.50 bits per heavy atom. The van der Waals surface area contributed by atoms with E-state index < -0.39 is 65.3 Å². The molecule has 1 heterocycles. The molecule has 0 fully saturated rings. The number of aromatic hydroxyl groups is 6. The summed E-state index contributed by atoms with van der Waals surface area (Å²) in [6, 6.07) is 0. The van der Waals surface area contributed by atoms with Crippen LogP contribution in [0.25, 0.3) is 0 Å². The molecule has 0 spiro atoms. The minimum absolute atomic E-state index is 0.0768. The number of phenolic OH excluding ortho intramolecular Hbond substituents is 6. The van der Waals surface area contributed by atoms with Gasteiger partial charge in [0.2, 0.25) is 40.2 Å². The minimum atomic E-state index is -2.27. The Labute approximate surface area is 192 Å². The van der Waals surface area contributed by atoms with E-state index >= 15 is 0 Å². The van der Waals surface area contributed by atoms with Crippen molar-refractivity contribution >= 4 is 0 Å². The first-order valence-corrected chi connectivity index (χ1v) is 9.74. The normalized spacial score (nSPS) is 18.0. The topological polar surface area (TPSA) is 220 Å². The van der Waals surface area contributed by atoms with E-state index in [4.69, 9.17) is 24.0 Å². The molecule has 2 atom stereocenters. The predicted octanol–water partition coefficient (Wildman–Crippen LogP) is -0.212. The number of phenols is 6. The van der Waals surface area contributed by atoms with Gasteiger partial charge >= 0.3 is 0 Å².